The first-order valence-corrected chi connectivity index (χ1v) is 11.4. The van der Waals surface area contributed by atoms with Gasteiger partial charge < -0.3 is 9.84 Å². The minimum absolute atomic E-state index is 0.0955. The molecular formula is C27H28N4O3. The Bertz CT molecular complexity index is 1240. The lowest BCUT2D eigenvalue weighted by Gasteiger charge is -2.25. The van der Waals surface area contributed by atoms with Crippen LogP contribution in [-0.4, -0.2) is 45.0 Å². The second-order valence-electron chi connectivity index (χ2n) is 8.64. The molecule has 2 atom stereocenters. The topological polar surface area (TPSA) is 101 Å². The van der Waals surface area contributed by atoms with Crippen molar-refractivity contribution >= 4 is 5.78 Å². The monoisotopic (exact) mass is 456 g/mol. The molecule has 2 aromatic heterocycles. The first-order valence-electron chi connectivity index (χ1n) is 11.4. The minimum atomic E-state index is -0.439. The van der Waals surface area contributed by atoms with E-state index in [1.165, 1.54) is 0 Å². The highest BCUT2D eigenvalue weighted by molar-refractivity contribution is 5.95. The summed E-state index contributed by atoms with van der Waals surface area (Å²) in [5.41, 5.74) is 5.14. The quantitative estimate of drug-likeness (QED) is 0.429. The molecule has 174 valence electrons. The number of ketones is 1. The Morgan fingerprint density at radius 1 is 1.32 bits per heavy atom. The fraction of sp³-hybridized carbons (Fsp3) is 0.333. The number of aliphatic hydroxyl groups excluding tert-OH is 1. The molecule has 1 saturated heterocycles. The van der Waals surface area contributed by atoms with Crippen LogP contribution in [0.2, 0.25) is 0 Å². The number of carbonyl (C=O) groups is 1. The van der Waals surface area contributed by atoms with Gasteiger partial charge in [-0.2, -0.15) is 10.4 Å². The average molecular weight is 457 g/mol. The average Bonchev–Trinajstić information content (AvgIpc) is 3.27. The molecule has 0 spiro atoms. The number of Topliss-reactive ketones (excluding diaryl/α,β-unsaturated/α-hetero) is 1. The van der Waals surface area contributed by atoms with Gasteiger partial charge in [-0.15, -0.1) is 0 Å². The maximum absolute atomic E-state index is 12.8. The summed E-state index contributed by atoms with van der Waals surface area (Å²) in [5, 5.41) is 24.1. The van der Waals surface area contributed by atoms with Gasteiger partial charge in [0.2, 0.25) is 0 Å². The Morgan fingerprint density at radius 2 is 2.12 bits per heavy atom. The Labute approximate surface area is 199 Å². The summed E-state index contributed by atoms with van der Waals surface area (Å²) in [4.78, 5) is 17.2. The van der Waals surface area contributed by atoms with Crippen molar-refractivity contribution in [2.75, 3.05) is 13.2 Å². The minimum Gasteiger partial charge on any atom is -0.392 e. The molecular weight excluding hydrogens is 428 g/mol. The molecule has 1 unspecified atom stereocenters. The number of hydrogen-bond acceptors (Lipinski definition) is 6. The number of aliphatic hydroxyl groups is 1. The lowest BCUT2D eigenvalue weighted by molar-refractivity contribution is -0.0177. The molecule has 4 rings (SSSR count). The number of ether oxygens (including phenoxy) is 1. The van der Waals surface area contributed by atoms with E-state index in [2.05, 4.69) is 16.2 Å². The number of hydrogen-bond donors (Lipinski definition) is 1. The maximum Gasteiger partial charge on any atom is 0.184 e. The summed E-state index contributed by atoms with van der Waals surface area (Å²) in [6.45, 7) is 2.78. The zero-order valence-electron chi connectivity index (χ0n) is 19.4. The smallest absolute Gasteiger partial charge is 0.184 e. The normalized spacial score (nSPS) is 18.2. The Balaban J connectivity index is 1.49. The van der Waals surface area contributed by atoms with Crippen molar-refractivity contribution in [3.63, 3.8) is 0 Å². The summed E-state index contributed by atoms with van der Waals surface area (Å²) < 4.78 is 7.16. The van der Waals surface area contributed by atoms with E-state index in [1.807, 2.05) is 49.7 Å². The second kappa shape index (κ2) is 10.6. The fourth-order valence-electron chi connectivity index (χ4n) is 4.14. The van der Waals surface area contributed by atoms with E-state index < -0.39 is 6.10 Å². The van der Waals surface area contributed by atoms with E-state index in [0.29, 0.717) is 43.0 Å². The zero-order chi connectivity index (χ0) is 24.1. The van der Waals surface area contributed by atoms with E-state index in [-0.39, 0.29) is 18.1 Å². The maximum atomic E-state index is 12.8. The van der Waals surface area contributed by atoms with Gasteiger partial charge in [-0.1, -0.05) is 36.4 Å². The molecule has 34 heavy (non-hydrogen) atoms. The highest BCUT2D eigenvalue weighted by atomic mass is 16.5. The Morgan fingerprint density at radius 3 is 2.79 bits per heavy atom. The van der Waals surface area contributed by atoms with Gasteiger partial charge in [-0.05, 0) is 43.0 Å². The van der Waals surface area contributed by atoms with E-state index in [0.717, 1.165) is 22.4 Å². The number of aromatic nitrogens is 3. The molecule has 0 radical (unpaired) electrons. The highest BCUT2D eigenvalue weighted by Crippen LogP contribution is 2.22. The van der Waals surface area contributed by atoms with Gasteiger partial charge in [0.15, 0.2) is 5.78 Å². The number of allylic oxidation sites excluding steroid dienone is 1. The van der Waals surface area contributed by atoms with E-state index in [1.54, 1.807) is 23.7 Å². The SMILES string of the molecule is Cc1nc(C(=O)C/C=C/C2COCC[C@@H]2O)cc(Cc2ccc(-c3ccn(C)n3)cc2)c1C#N. The van der Waals surface area contributed by atoms with Crippen LogP contribution in [-0.2, 0) is 18.2 Å². The first kappa shape index (κ1) is 23.6. The number of nitriles is 1. The van der Waals surface area contributed by atoms with Crippen molar-refractivity contribution in [2.24, 2.45) is 13.0 Å². The van der Waals surface area contributed by atoms with Crippen LogP contribution in [0.1, 0.15) is 45.7 Å². The van der Waals surface area contributed by atoms with Crippen molar-refractivity contribution in [1.82, 2.24) is 14.8 Å². The largest absolute Gasteiger partial charge is 0.392 e. The van der Waals surface area contributed by atoms with Crippen molar-refractivity contribution < 1.29 is 14.6 Å². The van der Waals surface area contributed by atoms with Crippen molar-refractivity contribution in [1.29, 1.82) is 5.26 Å². The predicted molar refractivity (Wildman–Crippen MR) is 128 cm³/mol. The molecule has 3 aromatic rings. The standard InChI is InChI=1S/C27H28N4O3/c1-18-23(16-28)22(14-19-6-8-20(9-7-19)24-10-12-31(2)30-24)15-25(29-18)27(33)5-3-4-21-17-34-13-11-26(21)32/h3-4,6-10,12,15,21,26,32H,5,11,13-14,17H2,1-2H3/b4-3+/t21?,26-/m0/s1. The van der Waals surface area contributed by atoms with E-state index in [9.17, 15) is 15.2 Å². The molecule has 1 aromatic carbocycles. The van der Waals surface area contributed by atoms with Gasteiger partial charge in [0, 0.05) is 37.8 Å². The third kappa shape index (κ3) is 5.48. The van der Waals surface area contributed by atoms with Crippen LogP contribution in [0.4, 0.5) is 0 Å². The highest BCUT2D eigenvalue weighted by Gasteiger charge is 2.21. The molecule has 0 aliphatic carbocycles. The van der Waals surface area contributed by atoms with Crippen LogP contribution in [0, 0.1) is 24.2 Å². The van der Waals surface area contributed by atoms with Crippen LogP contribution in [0.15, 0.2) is 54.7 Å². The van der Waals surface area contributed by atoms with Crippen molar-refractivity contribution in [2.45, 2.75) is 32.3 Å². The lowest BCUT2D eigenvalue weighted by atomic mass is 9.96. The van der Waals surface area contributed by atoms with Crippen molar-refractivity contribution in [3.8, 4) is 17.3 Å². The number of benzene rings is 1. The Kier molecular flexibility index (Phi) is 7.31. The molecule has 0 saturated carbocycles. The number of pyridine rings is 1. The molecule has 7 heteroatoms. The zero-order valence-corrected chi connectivity index (χ0v) is 19.4. The van der Waals surface area contributed by atoms with Gasteiger partial charge in [0.1, 0.15) is 11.8 Å². The first-order chi connectivity index (χ1) is 16.4. The van der Waals surface area contributed by atoms with Crippen LogP contribution in [0.5, 0.6) is 0 Å². The molecule has 3 heterocycles. The Hall–Kier alpha value is -3.60. The number of aryl methyl sites for hydroxylation is 2. The summed E-state index contributed by atoms with van der Waals surface area (Å²) in [6, 6.07) is 14.0. The van der Waals surface area contributed by atoms with E-state index >= 15 is 0 Å². The molecule has 7 nitrogen and oxygen atoms in total. The van der Waals surface area contributed by atoms with Crippen LogP contribution in [0.25, 0.3) is 11.3 Å². The molecule has 0 bridgehead atoms. The van der Waals surface area contributed by atoms with Crippen LogP contribution < -0.4 is 0 Å². The molecule has 1 N–H and O–H groups in total. The molecule has 0 amide bonds. The number of rotatable bonds is 7. The second-order valence-corrected chi connectivity index (χ2v) is 8.64. The van der Waals surface area contributed by atoms with Gasteiger partial charge in [-0.3, -0.25) is 9.48 Å². The molecule has 1 aliphatic heterocycles. The van der Waals surface area contributed by atoms with E-state index in [4.69, 9.17) is 4.74 Å². The van der Waals surface area contributed by atoms with Gasteiger partial charge in [0.25, 0.3) is 0 Å². The summed E-state index contributed by atoms with van der Waals surface area (Å²) >= 11 is 0. The lowest BCUT2D eigenvalue weighted by Crippen LogP contribution is -2.30. The third-order valence-electron chi connectivity index (χ3n) is 6.09. The molecule has 1 fully saturated rings. The predicted octanol–water partition coefficient (Wildman–Crippen LogP) is 3.78. The fourth-order valence-corrected chi connectivity index (χ4v) is 4.14. The third-order valence-corrected chi connectivity index (χ3v) is 6.09. The molecule has 1 aliphatic rings. The number of nitrogens with zero attached hydrogens (tertiary/aromatic N) is 4. The summed E-state index contributed by atoms with van der Waals surface area (Å²) in [7, 11) is 1.88. The van der Waals surface area contributed by atoms with Crippen molar-refractivity contribution in [3.05, 3.63) is 82.8 Å². The summed E-state index contributed by atoms with van der Waals surface area (Å²) in [5.74, 6) is -0.219. The van der Waals surface area contributed by atoms with Gasteiger partial charge >= 0.3 is 0 Å². The van der Waals surface area contributed by atoms with Gasteiger partial charge in [0.05, 0.1) is 29.7 Å². The van der Waals surface area contributed by atoms with Crippen LogP contribution >= 0.6 is 0 Å². The van der Waals surface area contributed by atoms with Gasteiger partial charge in [-0.25, -0.2) is 4.98 Å². The van der Waals surface area contributed by atoms with Crippen LogP contribution in [0.3, 0.4) is 0 Å². The summed E-state index contributed by atoms with van der Waals surface area (Å²) in [6.07, 6.45) is 6.40. The number of carbonyl (C=O) groups excluding carboxylic acids is 1.